The first-order valence-electron chi connectivity index (χ1n) is 10.3. The van der Waals surface area contributed by atoms with Crippen molar-refractivity contribution in [2.24, 2.45) is 0 Å². The molecule has 0 spiro atoms. The molecule has 36 heavy (non-hydrogen) atoms. The van der Waals surface area contributed by atoms with Crippen LogP contribution in [0.15, 0.2) is 72.8 Å². The lowest BCUT2D eigenvalue weighted by Crippen LogP contribution is -2.56. The number of carbonyl (C=O) groups is 3. The Balaban J connectivity index is 1.53. The van der Waals surface area contributed by atoms with Crippen molar-refractivity contribution in [1.29, 1.82) is 0 Å². The Morgan fingerprint density at radius 2 is 1.50 bits per heavy atom. The van der Waals surface area contributed by atoms with Crippen LogP contribution < -0.4 is 20.9 Å². The van der Waals surface area contributed by atoms with Crippen LogP contribution in [0.2, 0.25) is 0 Å². The third-order valence-electron chi connectivity index (χ3n) is 5.15. The van der Waals surface area contributed by atoms with Crippen LogP contribution in [0.25, 0.3) is 0 Å². The highest BCUT2D eigenvalue weighted by molar-refractivity contribution is 14.1. The highest BCUT2D eigenvalue weighted by Crippen LogP contribution is 2.34. The number of anilines is 2. The number of thiocarbonyl (C=S) groups is 1. The van der Waals surface area contributed by atoms with E-state index in [0.717, 1.165) is 8.47 Å². The highest BCUT2D eigenvalue weighted by Gasteiger charge is 2.38. The van der Waals surface area contributed by atoms with Gasteiger partial charge in [0.15, 0.2) is 5.11 Å². The fourth-order valence-electron chi connectivity index (χ4n) is 3.52. The van der Waals surface area contributed by atoms with E-state index in [-0.39, 0.29) is 5.11 Å². The summed E-state index contributed by atoms with van der Waals surface area (Å²) < 4.78 is -1.11. The number of carbonyl (C=O) groups excluding carboxylic acids is 3. The summed E-state index contributed by atoms with van der Waals surface area (Å²) in [5, 5.41) is 8.31. The SMILES string of the molecule is O=C(NC(NC(=S)Nc1ccccc1N1C(=O)c2ccccc2C1=O)C(Cl)(Cl)Cl)c1cccc(I)c1. The summed E-state index contributed by atoms with van der Waals surface area (Å²) in [5.41, 5.74) is 1.65. The van der Waals surface area contributed by atoms with Crippen LogP contribution in [-0.2, 0) is 0 Å². The smallest absolute Gasteiger partial charge is 0.266 e. The Hall–Kier alpha value is -2.44. The van der Waals surface area contributed by atoms with Gasteiger partial charge in [-0.3, -0.25) is 14.4 Å². The maximum Gasteiger partial charge on any atom is 0.266 e. The minimum atomic E-state index is -1.97. The molecule has 0 radical (unpaired) electrons. The molecule has 7 nitrogen and oxygen atoms in total. The molecular formula is C24H16Cl3IN4O3S. The van der Waals surface area contributed by atoms with Crippen LogP contribution in [0, 0.1) is 3.57 Å². The van der Waals surface area contributed by atoms with Gasteiger partial charge in [0.05, 0.1) is 22.5 Å². The van der Waals surface area contributed by atoms with Gasteiger partial charge in [0.1, 0.15) is 6.17 Å². The lowest BCUT2D eigenvalue weighted by atomic mass is 10.1. The fraction of sp³-hybridized carbons (Fsp3) is 0.0833. The van der Waals surface area contributed by atoms with Crippen molar-refractivity contribution in [3.05, 3.63) is 93.1 Å². The van der Waals surface area contributed by atoms with Crippen molar-refractivity contribution in [3.8, 4) is 0 Å². The Morgan fingerprint density at radius 3 is 2.11 bits per heavy atom. The molecule has 3 N–H and O–H groups in total. The zero-order valence-corrected chi connectivity index (χ0v) is 23.3. The van der Waals surface area contributed by atoms with Gasteiger partial charge < -0.3 is 16.0 Å². The van der Waals surface area contributed by atoms with Gasteiger partial charge in [0.25, 0.3) is 17.7 Å². The Labute approximate surface area is 240 Å². The van der Waals surface area contributed by atoms with Gasteiger partial charge in [-0.2, -0.15) is 0 Å². The largest absolute Gasteiger partial charge is 0.339 e. The van der Waals surface area contributed by atoms with E-state index in [0.29, 0.717) is 28.1 Å². The van der Waals surface area contributed by atoms with E-state index in [2.05, 4.69) is 38.5 Å². The number of amides is 3. The summed E-state index contributed by atoms with van der Waals surface area (Å²) in [7, 11) is 0. The number of alkyl halides is 3. The van der Waals surface area contributed by atoms with Gasteiger partial charge in [0, 0.05) is 9.13 Å². The Morgan fingerprint density at radius 1 is 0.889 bits per heavy atom. The van der Waals surface area contributed by atoms with Crippen molar-refractivity contribution in [3.63, 3.8) is 0 Å². The molecule has 0 fully saturated rings. The summed E-state index contributed by atoms with van der Waals surface area (Å²) in [5.74, 6) is -1.38. The van der Waals surface area contributed by atoms with Crippen LogP contribution in [0.4, 0.5) is 11.4 Å². The van der Waals surface area contributed by atoms with E-state index < -0.39 is 27.7 Å². The third-order valence-corrected chi connectivity index (χ3v) is 6.70. The molecule has 1 aliphatic heterocycles. The molecule has 0 saturated carbocycles. The molecule has 1 aliphatic rings. The Bertz CT molecular complexity index is 1350. The zero-order chi connectivity index (χ0) is 26.0. The van der Waals surface area contributed by atoms with Crippen molar-refractivity contribution >= 4 is 104 Å². The van der Waals surface area contributed by atoms with Crippen LogP contribution in [0.1, 0.15) is 31.1 Å². The van der Waals surface area contributed by atoms with Gasteiger partial charge in [-0.05, 0) is 77.3 Å². The predicted molar refractivity (Wildman–Crippen MR) is 154 cm³/mol. The molecule has 1 heterocycles. The van der Waals surface area contributed by atoms with E-state index in [1.165, 1.54) is 0 Å². The first-order chi connectivity index (χ1) is 17.1. The molecular weight excluding hydrogens is 658 g/mol. The van der Waals surface area contributed by atoms with Crippen LogP contribution in [0.3, 0.4) is 0 Å². The predicted octanol–water partition coefficient (Wildman–Crippen LogP) is 5.50. The summed E-state index contributed by atoms with van der Waals surface area (Å²) in [6.07, 6.45) is -1.21. The number of rotatable bonds is 5. The van der Waals surface area contributed by atoms with Crippen LogP contribution in [0.5, 0.6) is 0 Å². The van der Waals surface area contributed by atoms with E-state index >= 15 is 0 Å². The average molecular weight is 674 g/mol. The van der Waals surface area contributed by atoms with E-state index in [1.807, 2.05) is 6.07 Å². The molecule has 0 bridgehead atoms. The quantitative estimate of drug-likeness (QED) is 0.109. The number of halogens is 4. The number of nitrogens with zero attached hydrogens (tertiary/aromatic N) is 1. The highest BCUT2D eigenvalue weighted by atomic mass is 127. The van der Waals surface area contributed by atoms with E-state index in [4.69, 9.17) is 47.0 Å². The van der Waals surface area contributed by atoms with Gasteiger partial charge in [-0.25, -0.2) is 4.90 Å². The summed E-state index contributed by atoms with van der Waals surface area (Å²) in [6, 6.07) is 20.1. The van der Waals surface area contributed by atoms with Crippen molar-refractivity contribution < 1.29 is 14.4 Å². The standard InChI is InChI=1S/C24H16Cl3IN4O3S/c25-24(26,27)22(30-19(33)13-6-5-7-14(28)12-13)31-23(36)29-17-10-3-4-11-18(17)32-20(34)15-8-1-2-9-16(15)21(32)35/h1-12,22H,(H,30,33)(H2,29,31,36). The van der Waals surface area contributed by atoms with Crippen molar-refractivity contribution in [2.75, 3.05) is 10.2 Å². The minimum Gasteiger partial charge on any atom is -0.339 e. The van der Waals surface area contributed by atoms with E-state index in [1.54, 1.807) is 66.7 Å². The lowest BCUT2D eigenvalue weighted by Gasteiger charge is -2.28. The van der Waals surface area contributed by atoms with Crippen molar-refractivity contribution in [2.45, 2.75) is 9.96 Å². The number of benzene rings is 3. The molecule has 1 unspecified atom stereocenters. The molecule has 3 aromatic carbocycles. The molecule has 1 atom stereocenters. The number of nitrogens with one attached hydrogen (secondary N) is 3. The first kappa shape index (κ1) is 26.6. The molecule has 3 aromatic rings. The average Bonchev–Trinajstić information content (AvgIpc) is 3.08. The molecule has 12 heteroatoms. The fourth-order valence-corrected chi connectivity index (χ4v) is 4.61. The molecule has 0 aliphatic carbocycles. The minimum absolute atomic E-state index is 0.0154. The monoisotopic (exact) mass is 672 g/mol. The maximum atomic E-state index is 13.0. The van der Waals surface area contributed by atoms with Crippen LogP contribution >= 0.6 is 69.6 Å². The van der Waals surface area contributed by atoms with Gasteiger partial charge in [0.2, 0.25) is 3.79 Å². The molecule has 184 valence electrons. The topological polar surface area (TPSA) is 90.5 Å². The zero-order valence-electron chi connectivity index (χ0n) is 18.1. The van der Waals surface area contributed by atoms with Crippen LogP contribution in [-0.4, -0.2) is 32.8 Å². The number of hydrogen-bond acceptors (Lipinski definition) is 4. The molecule has 0 aromatic heterocycles. The third kappa shape index (κ3) is 5.76. The van der Waals surface area contributed by atoms with Gasteiger partial charge in [-0.15, -0.1) is 0 Å². The van der Waals surface area contributed by atoms with Gasteiger partial charge >= 0.3 is 0 Å². The second-order valence-electron chi connectivity index (χ2n) is 7.57. The second kappa shape index (κ2) is 10.9. The number of hydrogen-bond donors (Lipinski definition) is 3. The van der Waals surface area contributed by atoms with Gasteiger partial charge in [-0.1, -0.05) is 65.1 Å². The molecule has 0 saturated heterocycles. The first-order valence-corrected chi connectivity index (χ1v) is 13.0. The summed E-state index contributed by atoms with van der Waals surface area (Å²) >= 11 is 25.8. The lowest BCUT2D eigenvalue weighted by molar-refractivity contribution is 0.0918. The van der Waals surface area contributed by atoms with Crippen molar-refractivity contribution in [1.82, 2.24) is 10.6 Å². The second-order valence-corrected chi connectivity index (χ2v) is 11.6. The Kier molecular flexibility index (Phi) is 8.06. The summed E-state index contributed by atoms with van der Waals surface area (Å²) in [6.45, 7) is 0. The van der Waals surface area contributed by atoms with E-state index in [9.17, 15) is 14.4 Å². The molecule has 4 rings (SSSR count). The number of fused-ring (bicyclic) bond motifs is 1. The normalized spacial score (nSPS) is 13.7. The maximum absolute atomic E-state index is 13.0. The number of para-hydroxylation sites is 2. The molecule has 3 amide bonds. The summed E-state index contributed by atoms with van der Waals surface area (Å²) in [4.78, 5) is 39.7. The number of imide groups is 1.